The molecule has 42 valence electrons. The molecule has 0 radical (unpaired) electrons. The minimum Gasteiger partial charge on any atom is -0.412 e. The van der Waals surface area contributed by atoms with E-state index in [1.807, 2.05) is 0 Å². The molecule has 7 heavy (non-hydrogen) atoms. The Balaban J connectivity index is -0.0000000150. The van der Waals surface area contributed by atoms with Crippen molar-refractivity contribution in [3.63, 3.8) is 0 Å². The van der Waals surface area contributed by atoms with Gasteiger partial charge in [0.15, 0.2) is 0 Å². The van der Waals surface area contributed by atoms with E-state index in [0.717, 1.165) is 0 Å². The third kappa shape index (κ3) is 36.1. The van der Waals surface area contributed by atoms with E-state index in [1.165, 1.54) is 0 Å². The maximum atomic E-state index is 7.62. The van der Waals surface area contributed by atoms with Crippen LogP contribution in [0.4, 0.5) is 0 Å². The molecule has 0 atom stereocenters. The molecule has 0 unspecified atom stereocenters. The van der Waals surface area contributed by atoms with Gasteiger partial charge in [-0.15, -0.1) is 0 Å². The minimum absolute atomic E-state index is 0. The Labute approximate surface area is 86.5 Å². The zero-order chi connectivity index (χ0) is 3.41. The molecule has 0 aliphatic heterocycles. The Morgan fingerprint density at radius 1 is 1.00 bits per heavy atom. The number of rotatable bonds is 1. The Morgan fingerprint density at radius 2 is 1.14 bits per heavy atom. The molecule has 0 fully saturated rings. The molecule has 0 aromatic heterocycles. The van der Waals surface area contributed by atoms with E-state index in [-0.39, 0.29) is 77.5 Å². The third-order valence-corrected chi connectivity index (χ3v) is 0.1000. The summed E-state index contributed by atoms with van der Waals surface area (Å²) < 4.78 is 0. The van der Waals surface area contributed by atoms with Gasteiger partial charge in [-0.25, -0.2) is 0 Å². The van der Waals surface area contributed by atoms with Crippen LogP contribution in [0, 0.1) is 7.43 Å². The first-order valence-electron chi connectivity index (χ1n) is 1.13. The summed E-state index contributed by atoms with van der Waals surface area (Å²) in [5, 5.41) is 15.2. The monoisotopic (exact) mass is 134 g/mol. The molecule has 0 aromatic carbocycles. The summed E-state index contributed by atoms with van der Waals surface area (Å²) in [5.41, 5.74) is 0. The van der Waals surface area contributed by atoms with Crippen molar-refractivity contribution in [1.82, 2.24) is 0 Å². The average Bonchev–Trinajstić information content (AvgIpc) is 1.37. The maximum absolute atomic E-state index is 7.62. The van der Waals surface area contributed by atoms with Gasteiger partial charge in [0.05, 0.1) is 13.2 Å². The van der Waals surface area contributed by atoms with Gasteiger partial charge in [0, 0.05) is 0 Å². The zero-order valence-electron chi connectivity index (χ0n) is 4.81. The van der Waals surface area contributed by atoms with Gasteiger partial charge >= 0.3 is 51.4 Å². The third-order valence-electron chi connectivity index (χ3n) is 0.1000. The van der Waals surface area contributed by atoms with Gasteiger partial charge in [-0.1, -0.05) is 0 Å². The first-order valence-corrected chi connectivity index (χ1v) is 1.13. The van der Waals surface area contributed by atoms with E-state index >= 15 is 0 Å². The summed E-state index contributed by atoms with van der Waals surface area (Å²) in [7, 11) is 0. The van der Waals surface area contributed by atoms with Crippen LogP contribution in [0.5, 0.6) is 0 Å². The van der Waals surface area contributed by atoms with Gasteiger partial charge in [0.25, 0.3) is 0 Å². The molecule has 0 bridgehead atoms. The van der Waals surface area contributed by atoms with Crippen LogP contribution in [0.1, 0.15) is 0 Å². The molecule has 0 spiro atoms. The van der Waals surface area contributed by atoms with E-state index < -0.39 is 0 Å². The molecule has 0 aromatic rings. The first-order chi connectivity index (χ1) is 1.91. The summed E-state index contributed by atoms with van der Waals surface area (Å²) >= 11 is 0. The van der Waals surface area contributed by atoms with Crippen LogP contribution >= 0.6 is 0 Å². The van der Waals surface area contributed by atoms with Gasteiger partial charge in [-0.2, -0.15) is 0 Å². The van der Waals surface area contributed by atoms with E-state index in [9.17, 15) is 0 Å². The van der Waals surface area contributed by atoms with Crippen molar-refractivity contribution in [3.05, 3.63) is 7.43 Å². The Hall–Kier alpha value is 1.52. The second-order valence-corrected chi connectivity index (χ2v) is 0.447. The maximum Gasteiger partial charge on any atom is 1.00 e. The zero-order valence-corrected chi connectivity index (χ0v) is 7.93. The van der Waals surface area contributed by atoms with E-state index in [1.54, 1.807) is 0 Å². The molecule has 4 heteroatoms. The van der Waals surface area contributed by atoms with Crippen molar-refractivity contribution in [1.29, 1.82) is 0 Å². The normalized spacial score (nSPS) is 4.29. The van der Waals surface area contributed by atoms with Gasteiger partial charge in [-0.3, -0.25) is 0 Å². The van der Waals surface area contributed by atoms with Gasteiger partial charge in [0.1, 0.15) is 0 Å². The number of aliphatic hydroxyl groups is 2. The molecule has 0 rings (SSSR count). The first kappa shape index (κ1) is 23.6. The Morgan fingerprint density at radius 3 is 1.14 bits per heavy atom. The minimum atomic E-state index is -0.125. The van der Waals surface area contributed by atoms with Crippen molar-refractivity contribution >= 4 is 0 Å². The van der Waals surface area contributed by atoms with E-state index in [2.05, 4.69) is 0 Å². The van der Waals surface area contributed by atoms with Crippen LogP contribution in [0.15, 0.2) is 0 Å². The van der Waals surface area contributed by atoms with Crippen molar-refractivity contribution in [2.24, 2.45) is 0 Å². The van der Waals surface area contributed by atoms with Crippen LogP contribution in [0.2, 0.25) is 0 Å². The quantitative estimate of drug-likeness (QED) is 0.281. The van der Waals surface area contributed by atoms with Crippen LogP contribution in [-0.2, 0) is 0 Å². The molecule has 0 amide bonds. The van der Waals surface area contributed by atoms with Crippen molar-refractivity contribution in [2.75, 3.05) is 13.2 Å². The topological polar surface area (TPSA) is 72.0 Å². The molecule has 0 aliphatic rings. The van der Waals surface area contributed by atoms with Gasteiger partial charge in [-0.05, 0) is 0 Å². The SMILES string of the molecule is O.OCCO.[CH3-].[K+]. The molecule has 0 heterocycles. The van der Waals surface area contributed by atoms with Crippen LogP contribution in [0.25, 0.3) is 0 Å². The summed E-state index contributed by atoms with van der Waals surface area (Å²) in [6.45, 7) is -0.250. The van der Waals surface area contributed by atoms with Crippen molar-refractivity contribution < 1.29 is 67.1 Å². The predicted octanol–water partition coefficient (Wildman–Crippen LogP) is -4.40. The van der Waals surface area contributed by atoms with Gasteiger partial charge in [0.2, 0.25) is 0 Å². The smallest absolute Gasteiger partial charge is 0.412 e. The fraction of sp³-hybridized carbons (Fsp3) is 0.667. The summed E-state index contributed by atoms with van der Waals surface area (Å²) in [4.78, 5) is 0. The van der Waals surface area contributed by atoms with Crippen molar-refractivity contribution in [3.8, 4) is 0 Å². The number of hydrogen-bond acceptors (Lipinski definition) is 2. The molecule has 0 saturated carbocycles. The van der Waals surface area contributed by atoms with Crippen molar-refractivity contribution in [2.45, 2.75) is 0 Å². The van der Waals surface area contributed by atoms with Crippen LogP contribution in [-0.4, -0.2) is 28.9 Å². The van der Waals surface area contributed by atoms with Gasteiger partial charge < -0.3 is 23.1 Å². The number of aliphatic hydroxyl groups excluding tert-OH is 2. The molecular formula is C3H11KO3. The Kier molecular flexibility index (Phi) is 87.0. The fourth-order valence-electron chi connectivity index (χ4n) is 0. The second kappa shape index (κ2) is 25.8. The molecule has 0 saturated heterocycles. The largest absolute Gasteiger partial charge is 1.00 e. The number of hydrogen-bond donors (Lipinski definition) is 2. The standard InChI is InChI=1S/C2H6O2.CH3.K.H2O/c3-1-2-4;;;/h3-4H,1-2H2;1H3;;1H2/q;-1;+1;. The van der Waals surface area contributed by atoms with Crippen LogP contribution < -0.4 is 51.4 Å². The summed E-state index contributed by atoms with van der Waals surface area (Å²) in [6, 6.07) is 0. The second-order valence-electron chi connectivity index (χ2n) is 0.447. The molecule has 3 nitrogen and oxygen atoms in total. The molecule has 0 aliphatic carbocycles. The summed E-state index contributed by atoms with van der Waals surface area (Å²) in [6.07, 6.45) is 0. The molecule has 4 N–H and O–H groups in total. The van der Waals surface area contributed by atoms with Crippen LogP contribution in [0.3, 0.4) is 0 Å². The van der Waals surface area contributed by atoms with E-state index in [0.29, 0.717) is 0 Å². The Bertz CT molecular complexity index is 12.1. The molecular weight excluding hydrogens is 123 g/mol. The summed E-state index contributed by atoms with van der Waals surface area (Å²) in [5.74, 6) is 0. The fourth-order valence-corrected chi connectivity index (χ4v) is 0. The average molecular weight is 134 g/mol. The predicted molar refractivity (Wildman–Crippen MR) is 24.2 cm³/mol. The van der Waals surface area contributed by atoms with E-state index in [4.69, 9.17) is 10.2 Å².